The molecule has 1 aromatic carbocycles. The summed E-state index contributed by atoms with van der Waals surface area (Å²) in [6.45, 7) is 0. The number of aromatic amines is 1. The second-order valence-electron chi connectivity index (χ2n) is 5.16. The summed E-state index contributed by atoms with van der Waals surface area (Å²) in [5.41, 5.74) is 1.88. The van der Waals surface area contributed by atoms with Gasteiger partial charge in [-0.25, -0.2) is 4.98 Å². The largest absolute Gasteiger partial charge is 0.305 e. The lowest BCUT2D eigenvalue weighted by molar-refractivity contribution is 1.14. The molecule has 4 rings (SSSR count). The van der Waals surface area contributed by atoms with E-state index >= 15 is 0 Å². The van der Waals surface area contributed by atoms with Gasteiger partial charge in [-0.05, 0) is 40.1 Å². The molecule has 24 heavy (non-hydrogen) atoms. The predicted octanol–water partition coefficient (Wildman–Crippen LogP) is 5.45. The zero-order valence-corrected chi connectivity index (χ0v) is 14.7. The van der Waals surface area contributed by atoms with Gasteiger partial charge in [0.15, 0.2) is 5.82 Å². The monoisotopic (exact) mass is 370 g/mol. The van der Waals surface area contributed by atoms with Gasteiger partial charge in [-0.2, -0.15) is 11.3 Å². The van der Waals surface area contributed by atoms with Crippen LogP contribution in [-0.2, 0) is 0 Å². The molecule has 0 fully saturated rings. The lowest BCUT2D eigenvalue weighted by atomic mass is 10.2. The van der Waals surface area contributed by atoms with Crippen LogP contribution in [0, 0.1) is 0 Å². The molecule has 6 heteroatoms. The molecule has 0 saturated heterocycles. The van der Waals surface area contributed by atoms with Crippen LogP contribution in [0.2, 0.25) is 0 Å². The minimum Gasteiger partial charge on any atom is -0.305 e. The summed E-state index contributed by atoms with van der Waals surface area (Å²) in [6, 6.07) is 13.8. The lowest BCUT2D eigenvalue weighted by Crippen LogP contribution is -2.09. The van der Waals surface area contributed by atoms with Crippen LogP contribution in [0.1, 0.15) is 11.4 Å². The Balaban J connectivity index is 1.81. The molecule has 3 aromatic heterocycles. The normalized spacial score (nSPS) is 12.0. The molecule has 0 unspecified atom stereocenters. The first-order valence-corrected chi connectivity index (χ1v) is 9.33. The molecular formula is C18H11ClN2OS2. The smallest absolute Gasteiger partial charge is 0.259 e. The van der Waals surface area contributed by atoms with Crippen LogP contribution in [0.25, 0.3) is 31.8 Å². The fourth-order valence-electron chi connectivity index (χ4n) is 2.36. The van der Waals surface area contributed by atoms with Gasteiger partial charge in [-0.15, -0.1) is 11.3 Å². The van der Waals surface area contributed by atoms with Crippen molar-refractivity contribution >= 4 is 55.6 Å². The molecule has 118 valence electrons. The van der Waals surface area contributed by atoms with Gasteiger partial charge >= 0.3 is 0 Å². The Hall–Kier alpha value is -2.21. The van der Waals surface area contributed by atoms with E-state index in [1.54, 1.807) is 17.4 Å². The van der Waals surface area contributed by atoms with Gasteiger partial charge < -0.3 is 4.98 Å². The Kier molecular flexibility index (Phi) is 4.06. The number of nitrogens with zero attached hydrogens (tertiary/aromatic N) is 1. The molecule has 0 bridgehead atoms. The zero-order chi connectivity index (χ0) is 16.5. The van der Waals surface area contributed by atoms with Crippen LogP contribution in [0.15, 0.2) is 58.0 Å². The number of benzene rings is 1. The van der Waals surface area contributed by atoms with Gasteiger partial charge in [0.2, 0.25) is 0 Å². The molecule has 3 nitrogen and oxygen atoms in total. The Morgan fingerprint density at radius 3 is 2.79 bits per heavy atom. The highest BCUT2D eigenvalue weighted by atomic mass is 35.5. The number of halogens is 1. The van der Waals surface area contributed by atoms with Crippen molar-refractivity contribution < 1.29 is 0 Å². The van der Waals surface area contributed by atoms with Gasteiger partial charge in [0, 0.05) is 4.88 Å². The Labute approximate surface area is 150 Å². The van der Waals surface area contributed by atoms with Crippen LogP contribution >= 0.6 is 34.3 Å². The van der Waals surface area contributed by atoms with Crippen LogP contribution in [0.3, 0.4) is 0 Å². The van der Waals surface area contributed by atoms with Gasteiger partial charge in [0.05, 0.1) is 10.4 Å². The third kappa shape index (κ3) is 2.94. The standard InChI is InChI=1S/C18H11ClN2OS2/c19-14(8-11-6-7-23-10-11)16-20-17(22)13-9-15(24-18(13)21-16)12-4-2-1-3-5-12/h1-10H,(H,20,21,22)/b14-8-. The Morgan fingerprint density at radius 2 is 2.04 bits per heavy atom. The van der Waals surface area contributed by atoms with Gasteiger partial charge in [-0.3, -0.25) is 4.79 Å². The summed E-state index contributed by atoms with van der Waals surface area (Å²) in [5.74, 6) is 0.391. The summed E-state index contributed by atoms with van der Waals surface area (Å²) >= 11 is 9.41. The summed E-state index contributed by atoms with van der Waals surface area (Å²) in [7, 11) is 0. The molecule has 3 heterocycles. The van der Waals surface area contributed by atoms with E-state index in [4.69, 9.17) is 11.6 Å². The summed E-state index contributed by atoms with van der Waals surface area (Å²) in [4.78, 5) is 21.4. The van der Waals surface area contributed by atoms with E-state index in [-0.39, 0.29) is 5.56 Å². The van der Waals surface area contributed by atoms with Crippen molar-refractivity contribution in [3.8, 4) is 10.4 Å². The number of hydrogen-bond acceptors (Lipinski definition) is 4. The van der Waals surface area contributed by atoms with Crippen molar-refractivity contribution in [1.29, 1.82) is 0 Å². The molecule has 0 atom stereocenters. The first-order chi connectivity index (χ1) is 11.7. The van der Waals surface area contributed by atoms with Crippen LogP contribution < -0.4 is 5.56 Å². The average molecular weight is 371 g/mol. The summed E-state index contributed by atoms with van der Waals surface area (Å²) in [6.07, 6.45) is 1.80. The number of nitrogens with one attached hydrogen (secondary N) is 1. The third-order valence-corrected chi connectivity index (χ3v) is 5.59. The summed E-state index contributed by atoms with van der Waals surface area (Å²) < 4.78 is 0. The van der Waals surface area contributed by atoms with Crippen LogP contribution in [0.5, 0.6) is 0 Å². The SMILES string of the molecule is O=c1[nH]c(/C(Cl)=C/c2ccsc2)nc2sc(-c3ccccc3)cc12. The highest BCUT2D eigenvalue weighted by Gasteiger charge is 2.11. The van der Waals surface area contributed by atoms with Crippen LogP contribution in [-0.4, -0.2) is 9.97 Å². The first-order valence-electron chi connectivity index (χ1n) is 7.20. The lowest BCUT2D eigenvalue weighted by Gasteiger charge is -1.98. The quantitative estimate of drug-likeness (QED) is 0.521. The summed E-state index contributed by atoms with van der Waals surface area (Å²) in [5, 5.41) is 4.96. The van der Waals surface area contributed by atoms with E-state index in [0.717, 1.165) is 16.0 Å². The molecular weight excluding hydrogens is 360 g/mol. The van der Waals surface area contributed by atoms with Gasteiger partial charge in [0.25, 0.3) is 5.56 Å². The number of aromatic nitrogens is 2. The Morgan fingerprint density at radius 1 is 1.21 bits per heavy atom. The first kappa shape index (κ1) is 15.3. The van der Waals surface area contributed by atoms with E-state index in [0.29, 0.717) is 21.1 Å². The number of hydrogen-bond donors (Lipinski definition) is 1. The molecule has 0 radical (unpaired) electrons. The zero-order valence-electron chi connectivity index (χ0n) is 12.3. The highest BCUT2D eigenvalue weighted by molar-refractivity contribution is 7.21. The maximum absolute atomic E-state index is 12.4. The Bertz CT molecular complexity index is 1080. The predicted molar refractivity (Wildman–Crippen MR) is 104 cm³/mol. The third-order valence-electron chi connectivity index (χ3n) is 3.52. The molecule has 4 aromatic rings. The van der Waals surface area contributed by atoms with Gasteiger partial charge in [0.1, 0.15) is 4.83 Å². The molecule has 0 aliphatic heterocycles. The molecule has 0 aliphatic rings. The van der Waals surface area contributed by atoms with Crippen molar-refractivity contribution in [1.82, 2.24) is 9.97 Å². The van der Waals surface area contributed by atoms with Crippen molar-refractivity contribution in [2.24, 2.45) is 0 Å². The number of H-pyrrole nitrogens is 1. The second kappa shape index (κ2) is 6.36. The molecule has 0 saturated carbocycles. The number of fused-ring (bicyclic) bond motifs is 1. The fraction of sp³-hybridized carbons (Fsp3) is 0. The topological polar surface area (TPSA) is 45.8 Å². The molecule has 1 N–H and O–H groups in total. The molecule has 0 amide bonds. The van der Waals surface area contributed by atoms with E-state index in [2.05, 4.69) is 9.97 Å². The van der Waals surface area contributed by atoms with E-state index < -0.39 is 0 Å². The fourth-order valence-corrected chi connectivity index (χ4v) is 4.23. The van der Waals surface area contributed by atoms with Gasteiger partial charge in [-0.1, -0.05) is 41.9 Å². The maximum Gasteiger partial charge on any atom is 0.259 e. The van der Waals surface area contributed by atoms with E-state index in [1.807, 2.05) is 53.2 Å². The molecule has 0 spiro atoms. The average Bonchev–Trinajstić information content (AvgIpc) is 3.25. The van der Waals surface area contributed by atoms with Crippen molar-refractivity contribution in [3.63, 3.8) is 0 Å². The minimum absolute atomic E-state index is 0.176. The van der Waals surface area contributed by atoms with Crippen molar-refractivity contribution in [2.45, 2.75) is 0 Å². The highest BCUT2D eigenvalue weighted by Crippen LogP contribution is 2.31. The van der Waals surface area contributed by atoms with Crippen molar-refractivity contribution in [2.75, 3.05) is 0 Å². The number of thiophene rings is 2. The minimum atomic E-state index is -0.176. The van der Waals surface area contributed by atoms with E-state index in [1.165, 1.54) is 11.3 Å². The number of rotatable bonds is 3. The maximum atomic E-state index is 12.4. The van der Waals surface area contributed by atoms with Crippen molar-refractivity contribution in [3.05, 3.63) is 75.0 Å². The van der Waals surface area contributed by atoms with E-state index in [9.17, 15) is 4.79 Å². The molecule has 0 aliphatic carbocycles. The van der Waals surface area contributed by atoms with Crippen LogP contribution in [0.4, 0.5) is 0 Å². The second-order valence-corrected chi connectivity index (χ2v) is 7.38.